The molecule has 0 radical (unpaired) electrons. The lowest BCUT2D eigenvalue weighted by Gasteiger charge is -2.13. The Morgan fingerprint density at radius 2 is 1.96 bits per heavy atom. The molecule has 3 aromatic rings. The van der Waals surface area contributed by atoms with Crippen LogP contribution in [-0.2, 0) is 6.42 Å². The lowest BCUT2D eigenvalue weighted by molar-refractivity contribution is 0.0827. The summed E-state index contributed by atoms with van der Waals surface area (Å²) < 4.78 is 0. The van der Waals surface area contributed by atoms with E-state index in [0.29, 0.717) is 11.6 Å². The van der Waals surface area contributed by atoms with E-state index in [1.807, 2.05) is 24.4 Å². The molecule has 2 aliphatic rings. The van der Waals surface area contributed by atoms with Gasteiger partial charge in [0.15, 0.2) is 5.82 Å². The summed E-state index contributed by atoms with van der Waals surface area (Å²) >= 11 is 0. The highest BCUT2D eigenvalue weighted by Gasteiger charge is 2.25. The fraction of sp³-hybridized carbons (Fsp3) is 0.429. The van der Waals surface area contributed by atoms with Gasteiger partial charge in [0, 0.05) is 49.1 Å². The van der Waals surface area contributed by atoms with Crippen molar-refractivity contribution in [2.24, 2.45) is 5.92 Å². The molecule has 0 unspecified atom stereocenters. The van der Waals surface area contributed by atoms with Crippen molar-refractivity contribution in [3.05, 3.63) is 35.8 Å². The van der Waals surface area contributed by atoms with Crippen molar-refractivity contribution >= 4 is 33.5 Å². The maximum atomic E-state index is 12.3. The van der Waals surface area contributed by atoms with Gasteiger partial charge < -0.3 is 10.2 Å². The molecule has 1 aromatic carbocycles. The van der Waals surface area contributed by atoms with Crippen molar-refractivity contribution in [2.45, 2.75) is 38.1 Å². The zero-order chi connectivity index (χ0) is 18.5. The fourth-order valence-electron chi connectivity index (χ4n) is 3.41. The van der Waals surface area contributed by atoms with Gasteiger partial charge in [-0.05, 0) is 43.7 Å². The second-order valence-corrected chi connectivity index (χ2v) is 8.01. The number of hydrogen-bond donors (Lipinski definition) is 1. The zero-order valence-corrected chi connectivity index (χ0v) is 15.7. The van der Waals surface area contributed by atoms with Crippen LogP contribution in [0.1, 0.15) is 41.9 Å². The van der Waals surface area contributed by atoms with E-state index in [1.165, 1.54) is 25.7 Å². The van der Waals surface area contributed by atoms with E-state index in [0.717, 1.165) is 45.8 Å². The molecule has 2 heterocycles. The van der Waals surface area contributed by atoms with Crippen LogP contribution in [0.4, 0.5) is 5.82 Å². The van der Waals surface area contributed by atoms with Crippen molar-refractivity contribution in [1.29, 1.82) is 0 Å². The van der Waals surface area contributed by atoms with E-state index in [1.54, 1.807) is 19.0 Å². The molecular weight excluding hydrogens is 338 g/mol. The number of aromatic nitrogens is 3. The number of nitrogens with zero attached hydrogens (tertiary/aromatic N) is 4. The van der Waals surface area contributed by atoms with Gasteiger partial charge >= 0.3 is 0 Å². The van der Waals surface area contributed by atoms with Gasteiger partial charge in [-0.3, -0.25) is 4.79 Å². The van der Waals surface area contributed by atoms with Gasteiger partial charge in [0.1, 0.15) is 11.3 Å². The number of anilines is 1. The molecule has 1 N–H and O–H groups in total. The van der Waals surface area contributed by atoms with Crippen molar-refractivity contribution in [2.75, 3.05) is 19.4 Å². The van der Waals surface area contributed by atoms with Gasteiger partial charge in [-0.15, -0.1) is 0 Å². The van der Waals surface area contributed by atoms with Crippen LogP contribution in [0.3, 0.4) is 0 Å². The van der Waals surface area contributed by atoms with E-state index < -0.39 is 0 Å². The van der Waals surface area contributed by atoms with Crippen molar-refractivity contribution < 1.29 is 4.79 Å². The summed E-state index contributed by atoms with van der Waals surface area (Å²) in [6, 6.07) is 6.17. The molecule has 6 heteroatoms. The monoisotopic (exact) mass is 361 g/mol. The van der Waals surface area contributed by atoms with Gasteiger partial charge in [0.05, 0.1) is 5.52 Å². The lowest BCUT2D eigenvalue weighted by Crippen LogP contribution is -2.21. The number of rotatable bonds is 5. The first-order chi connectivity index (χ1) is 13.1. The van der Waals surface area contributed by atoms with Crippen LogP contribution in [0.25, 0.3) is 21.8 Å². The average molecular weight is 361 g/mol. The number of nitrogens with one attached hydrogen (secondary N) is 1. The number of carbonyl (C=O) groups excluding carboxylic acids is 1. The Morgan fingerprint density at radius 3 is 2.67 bits per heavy atom. The largest absolute Gasteiger partial charge is 0.366 e. The Bertz CT molecular complexity index is 1050. The maximum Gasteiger partial charge on any atom is 0.253 e. The summed E-state index contributed by atoms with van der Waals surface area (Å²) in [5, 5.41) is 5.50. The van der Waals surface area contributed by atoms with Gasteiger partial charge in [0.25, 0.3) is 5.91 Å². The predicted molar refractivity (Wildman–Crippen MR) is 106 cm³/mol. The molecule has 0 atom stereocenters. The number of pyridine rings is 1. The average Bonchev–Trinajstić information content (AvgIpc) is 3.57. The molecule has 2 aliphatic carbocycles. The molecule has 6 nitrogen and oxygen atoms in total. The molecule has 0 bridgehead atoms. The van der Waals surface area contributed by atoms with E-state index in [4.69, 9.17) is 9.97 Å². The number of fused-ring (bicyclic) bond motifs is 3. The summed E-state index contributed by atoms with van der Waals surface area (Å²) in [5.74, 6) is 2.44. The molecule has 138 valence electrons. The second-order valence-electron chi connectivity index (χ2n) is 8.01. The normalized spacial score (nSPS) is 16.7. The van der Waals surface area contributed by atoms with E-state index >= 15 is 0 Å². The van der Waals surface area contributed by atoms with Gasteiger partial charge in [0.2, 0.25) is 0 Å². The highest BCUT2D eigenvalue weighted by atomic mass is 16.2. The molecule has 27 heavy (non-hydrogen) atoms. The van der Waals surface area contributed by atoms with Crippen LogP contribution in [0, 0.1) is 5.92 Å². The molecule has 0 spiro atoms. The van der Waals surface area contributed by atoms with Crippen LogP contribution >= 0.6 is 0 Å². The van der Waals surface area contributed by atoms with Crippen molar-refractivity contribution in [3.63, 3.8) is 0 Å². The summed E-state index contributed by atoms with van der Waals surface area (Å²) in [6.45, 7) is 0. The van der Waals surface area contributed by atoms with Crippen LogP contribution in [0.2, 0.25) is 0 Å². The molecule has 2 aromatic heterocycles. The lowest BCUT2D eigenvalue weighted by atomic mass is 10.1. The van der Waals surface area contributed by atoms with E-state index in [-0.39, 0.29) is 5.91 Å². The Labute approximate surface area is 158 Å². The zero-order valence-electron chi connectivity index (χ0n) is 15.7. The third-order valence-electron chi connectivity index (χ3n) is 5.32. The topological polar surface area (TPSA) is 71.0 Å². The van der Waals surface area contributed by atoms with Crippen LogP contribution < -0.4 is 5.32 Å². The highest BCUT2D eigenvalue weighted by molar-refractivity contribution is 6.10. The third-order valence-corrected chi connectivity index (χ3v) is 5.32. The Balaban J connectivity index is 1.67. The van der Waals surface area contributed by atoms with Gasteiger partial charge in [-0.25, -0.2) is 15.0 Å². The first kappa shape index (κ1) is 16.4. The minimum Gasteiger partial charge on any atom is -0.366 e. The summed E-state index contributed by atoms with van der Waals surface area (Å²) in [4.78, 5) is 28.2. The van der Waals surface area contributed by atoms with E-state index in [9.17, 15) is 4.79 Å². The molecule has 2 fully saturated rings. The van der Waals surface area contributed by atoms with E-state index in [2.05, 4.69) is 10.3 Å². The SMILES string of the molecule is CN(C)C(=O)c1ccc2c(c1)nc(NC1CC1)c1nc(CC3CC3)ncc12. The summed E-state index contributed by atoms with van der Waals surface area (Å²) in [6.07, 6.45) is 7.78. The number of amides is 1. The minimum atomic E-state index is -0.0217. The first-order valence-corrected chi connectivity index (χ1v) is 9.66. The van der Waals surface area contributed by atoms with Gasteiger partial charge in [-0.1, -0.05) is 6.07 Å². The molecule has 0 aliphatic heterocycles. The molecule has 2 saturated carbocycles. The minimum absolute atomic E-state index is 0.0217. The van der Waals surface area contributed by atoms with Crippen molar-refractivity contribution in [1.82, 2.24) is 19.9 Å². The molecule has 0 saturated heterocycles. The van der Waals surface area contributed by atoms with Crippen molar-refractivity contribution in [3.8, 4) is 0 Å². The van der Waals surface area contributed by atoms with Crippen LogP contribution in [-0.4, -0.2) is 45.9 Å². The van der Waals surface area contributed by atoms with Gasteiger partial charge in [-0.2, -0.15) is 0 Å². The quantitative estimate of drug-likeness (QED) is 0.705. The Kier molecular flexibility index (Phi) is 3.74. The maximum absolute atomic E-state index is 12.3. The molecule has 5 rings (SSSR count). The van der Waals surface area contributed by atoms with Crippen LogP contribution in [0.15, 0.2) is 24.4 Å². The summed E-state index contributed by atoms with van der Waals surface area (Å²) in [7, 11) is 3.52. The van der Waals surface area contributed by atoms with Crippen LogP contribution in [0.5, 0.6) is 0 Å². The smallest absolute Gasteiger partial charge is 0.253 e. The predicted octanol–water partition coefficient (Wildman–Crippen LogP) is 3.41. The molecule has 1 amide bonds. The Morgan fingerprint density at radius 1 is 1.15 bits per heavy atom. The number of carbonyl (C=O) groups is 1. The third kappa shape index (κ3) is 3.20. The number of benzene rings is 1. The standard InChI is InChI=1S/C21H23N5O/c1-26(2)21(27)13-5-8-15-16-11-22-18(9-12-3-4-12)25-19(16)20(23-14-6-7-14)24-17(15)10-13/h5,8,10-12,14H,3-4,6-7,9H2,1-2H3,(H,23,24). The Hall–Kier alpha value is -2.76. The summed E-state index contributed by atoms with van der Waals surface area (Å²) in [5.41, 5.74) is 2.34. The number of hydrogen-bond acceptors (Lipinski definition) is 5. The fourth-order valence-corrected chi connectivity index (χ4v) is 3.41. The highest BCUT2D eigenvalue weighted by Crippen LogP contribution is 2.34. The first-order valence-electron chi connectivity index (χ1n) is 9.66. The second kappa shape index (κ2) is 6.15. The molecular formula is C21H23N5O.